The van der Waals surface area contributed by atoms with E-state index in [0.29, 0.717) is 0 Å². The largest absolute Gasteiger partial charge is 0.481 e. The number of nitrogens with zero attached hydrogens (tertiary/aromatic N) is 1. The number of aliphatic carboxylic acids is 1. The minimum Gasteiger partial charge on any atom is -0.481 e. The Balaban J connectivity index is 3.74. The molecule has 0 radical (unpaired) electrons. The van der Waals surface area contributed by atoms with Gasteiger partial charge in [0.2, 0.25) is 0 Å². The van der Waals surface area contributed by atoms with E-state index >= 15 is 0 Å². The van der Waals surface area contributed by atoms with E-state index in [1.54, 1.807) is 7.05 Å². The van der Waals surface area contributed by atoms with E-state index in [2.05, 4.69) is 0 Å². The zero-order valence-electron chi connectivity index (χ0n) is 6.24. The Morgan fingerprint density at radius 3 is 2.73 bits per heavy atom. The van der Waals surface area contributed by atoms with Crippen molar-refractivity contribution in [3.05, 3.63) is 12.3 Å². The van der Waals surface area contributed by atoms with Crippen LogP contribution in [0.5, 0.6) is 0 Å². The quantitative estimate of drug-likeness (QED) is 0.391. The average molecular weight is 157 g/mol. The lowest BCUT2D eigenvalue weighted by atomic mass is 10.4. The monoisotopic (exact) mass is 157 g/mol. The third-order valence-electron chi connectivity index (χ3n) is 1.00. The van der Waals surface area contributed by atoms with Crippen molar-refractivity contribution in [2.24, 2.45) is 5.73 Å². The molecule has 0 atom stereocenters. The van der Waals surface area contributed by atoms with Gasteiger partial charge in [0.1, 0.15) is 0 Å². The van der Waals surface area contributed by atoms with Crippen LogP contribution in [0.15, 0.2) is 12.3 Å². The van der Waals surface area contributed by atoms with E-state index in [1.165, 1.54) is 17.2 Å². The molecule has 0 heterocycles. The highest BCUT2D eigenvalue weighted by molar-refractivity contribution is 5.75. The average Bonchev–Trinajstić information content (AvgIpc) is 1.86. The van der Waals surface area contributed by atoms with Gasteiger partial charge >= 0.3 is 5.97 Å². The van der Waals surface area contributed by atoms with E-state index in [4.69, 9.17) is 16.2 Å². The van der Waals surface area contributed by atoms with Crippen molar-refractivity contribution in [2.45, 2.75) is 6.42 Å². The molecule has 0 rings (SSSR count). The number of carboxylic acid groups (broad SMARTS) is 1. The fourth-order valence-electron chi connectivity index (χ4n) is 0.392. The maximum Gasteiger partial charge on any atom is 0.307 e. The highest BCUT2D eigenvalue weighted by Crippen LogP contribution is 1.86. The van der Waals surface area contributed by atoms with E-state index in [-0.39, 0.29) is 12.4 Å². The first kappa shape index (κ1) is 9.48. The van der Waals surface area contributed by atoms with Gasteiger partial charge in [-0.2, -0.15) is 0 Å². The van der Waals surface area contributed by atoms with Gasteiger partial charge in [0.05, 0.1) is 6.42 Å². The fraction of sp³-hybridized carbons (Fsp3) is 0.333. The van der Waals surface area contributed by atoms with Crippen LogP contribution in [0.3, 0.4) is 0 Å². The summed E-state index contributed by atoms with van der Waals surface area (Å²) >= 11 is 0. The third-order valence-corrected chi connectivity index (χ3v) is 1.00. The molecule has 0 aromatic carbocycles. The first-order valence-corrected chi connectivity index (χ1v) is 2.99. The van der Waals surface area contributed by atoms with E-state index in [0.717, 1.165) is 0 Å². The maximum absolute atomic E-state index is 10.00. The Hall–Kier alpha value is -1.52. The molecule has 0 saturated carbocycles. The molecule has 5 nitrogen and oxygen atoms in total. The number of guanidine groups is 1. The maximum atomic E-state index is 10.00. The van der Waals surface area contributed by atoms with Crippen molar-refractivity contribution >= 4 is 11.9 Å². The summed E-state index contributed by atoms with van der Waals surface area (Å²) in [5.74, 6) is -1.02. The van der Waals surface area contributed by atoms with Gasteiger partial charge in [-0.25, -0.2) is 0 Å². The van der Waals surface area contributed by atoms with Crippen molar-refractivity contribution in [3.63, 3.8) is 0 Å². The van der Waals surface area contributed by atoms with Gasteiger partial charge in [-0.15, -0.1) is 0 Å². The minimum atomic E-state index is -0.904. The van der Waals surface area contributed by atoms with Crippen molar-refractivity contribution in [3.8, 4) is 0 Å². The molecular formula is C6H11N3O2. The van der Waals surface area contributed by atoms with Crippen LogP contribution in [0, 0.1) is 5.41 Å². The molecule has 62 valence electrons. The Morgan fingerprint density at radius 2 is 2.36 bits per heavy atom. The van der Waals surface area contributed by atoms with Crippen LogP contribution in [-0.2, 0) is 4.79 Å². The lowest BCUT2D eigenvalue weighted by molar-refractivity contribution is -0.136. The summed E-state index contributed by atoms with van der Waals surface area (Å²) < 4.78 is 0. The molecule has 0 aromatic rings. The lowest BCUT2D eigenvalue weighted by Gasteiger charge is -2.08. The first-order chi connectivity index (χ1) is 5.04. The van der Waals surface area contributed by atoms with Gasteiger partial charge in [-0.05, 0) is 0 Å². The number of nitrogens with two attached hydrogens (primary N) is 1. The van der Waals surface area contributed by atoms with Crippen molar-refractivity contribution in [1.29, 1.82) is 5.41 Å². The SMILES string of the molecule is CN(/C=C\CC(=O)O)C(=N)N. The Morgan fingerprint density at radius 1 is 1.82 bits per heavy atom. The smallest absolute Gasteiger partial charge is 0.307 e. The minimum absolute atomic E-state index is 0.0579. The number of hydrogen-bond acceptors (Lipinski definition) is 2. The summed E-state index contributed by atoms with van der Waals surface area (Å²) in [7, 11) is 1.57. The second kappa shape index (κ2) is 4.32. The summed E-state index contributed by atoms with van der Waals surface area (Å²) in [5, 5.41) is 15.1. The topological polar surface area (TPSA) is 90.4 Å². The predicted molar refractivity (Wildman–Crippen MR) is 41.1 cm³/mol. The van der Waals surface area contributed by atoms with Crippen LogP contribution in [-0.4, -0.2) is 29.0 Å². The van der Waals surface area contributed by atoms with Gasteiger partial charge in [0.15, 0.2) is 5.96 Å². The summed E-state index contributed by atoms with van der Waals surface area (Å²) in [6, 6.07) is 0. The van der Waals surface area contributed by atoms with Gasteiger partial charge < -0.3 is 15.7 Å². The fourth-order valence-corrected chi connectivity index (χ4v) is 0.392. The Labute approximate surface area is 64.6 Å². The first-order valence-electron chi connectivity index (χ1n) is 2.99. The van der Waals surface area contributed by atoms with E-state index < -0.39 is 5.97 Å². The van der Waals surface area contributed by atoms with Crippen molar-refractivity contribution in [2.75, 3.05) is 7.05 Å². The van der Waals surface area contributed by atoms with Crippen molar-refractivity contribution < 1.29 is 9.90 Å². The summed E-state index contributed by atoms with van der Waals surface area (Å²) in [6.45, 7) is 0. The molecule has 0 unspecified atom stereocenters. The predicted octanol–water partition coefficient (Wildman–Crippen LogP) is -0.200. The summed E-state index contributed by atoms with van der Waals surface area (Å²) in [4.78, 5) is 11.3. The second-order valence-electron chi connectivity index (χ2n) is 1.98. The number of nitrogens with one attached hydrogen (secondary N) is 1. The van der Waals surface area contributed by atoms with Gasteiger partial charge in [0.25, 0.3) is 0 Å². The normalized spacial score (nSPS) is 9.91. The van der Waals surface area contributed by atoms with E-state index in [1.807, 2.05) is 0 Å². The van der Waals surface area contributed by atoms with Crippen LogP contribution in [0.25, 0.3) is 0 Å². The highest BCUT2D eigenvalue weighted by atomic mass is 16.4. The Kier molecular flexibility index (Phi) is 3.72. The molecule has 0 aliphatic carbocycles. The molecule has 0 spiro atoms. The lowest BCUT2D eigenvalue weighted by Crippen LogP contribution is -2.27. The molecule has 0 aliphatic rings. The number of carboxylic acids is 1. The Bertz CT molecular complexity index is 188. The number of rotatable bonds is 3. The van der Waals surface area contributed by atoms with Gasteiger partial charge in [-0.1, -0.05) is 6.08 Å². The zero-order chi connectivity index (χ0) is 8.85. The second-order valence-corrected chi connectivity index (χ2v) is 1.98. The summed E-state index contributed by atoms with van der Waals surface area (Å²) in [6.07, 6.45) is 2.80. The molecule has 11 heavy (non-hydrogen) atoms. The summed E-state index contributed by atoms with van der Waals surface area (Å²) in [5.41, 5.74) is 5.06. The third kappa shape index (κ3) is 4.95. The van der Waals surface area contributed by atoms with Crippen LogP contribution in [0.4, 0.5) is 0 Å². The zero-order valence-corrected chi connectivity index (χ0v) is 6.24. The molecule has 0 aromatic heterocycles. The molecule has 0 fully saturated rings. The van der Waals surface area contributed by atoms with Crippen LogP contribution < -0.4 is 5.73 Å². The number of hydrogen-bond donors (Lipinski definition) is 3. The van der Waals surface area contributed by atoms with Gasteiger partial charge in [-0.3, -0.25) is 10.2 Å². The van der Waals surface area contributed by atoms with Gasteiger partial charge in [0, 0.05) is 13.2 Å². The molecule has 0 aliphatic heterocycles. The van der Waals surface area contributed by atoms with Crippen molar-refractivity contribution in [1.82, 2.24) is 4.90 Å². The van der Waals surface area contributed by atoms with Crippen LogP contribution >= 0.6 is 0 Å². The molecule has 0 amide bonds. The van der Waals surface area contributed by atoms with Crippen LogP contribution in [0.2, 0.25) is 0 Å². The molecule has 0 saturated heterocycles. The molecule has 0 bridgehead atoms. The van der Waals surface area contributed by atoms with Crippen LogP contribution in [0.1, 0.15) is 6.42 Å². The number of carbonyl (C=O) groups is 1. The molecule has 4 N–H and O–H groups in total. The standard InChI is InChI=1S/C6H11N3O2/c1-9(6(7)8)4-2-3-5(10)11/h2,4H,3H2,1H3,(H3,7,8)(H,10,11)/b4-2-. The molecule has 5 heteroatoms. The molecular weight excluding hydrogens is 146 g/mol. The van der Waals surface area contributed by atoms with E-state index in [9.17, 15) is 4.79 Å². The highest BCUT2D eigenvalue weighted by Gasteiger charge is 1.93.